The number of nitrogens with one attached hydrogen (secondary N) is 1. The predicted molar refractivity (Wildman–Crippen MR) is 68.0 cm³/mol. The Bertz CT molecular complexity index is 482. The van der Waals surface area contributed by atoms with Gasteiger partial charge in [0, 0.05) is 5.69 Å². The number of carbonyl (C=O) groups is 2. The van der Waals surface area contributed by atoms with Crippen LogP contribution in [0.5, 0.6) is 0 Å². The summed E-state index contributed by atoms with van der Waals surface area (Å²) in [6.45, 7) is 5.75. The molecule has 0 bridgehead atoms. The Labute approximate surface area is 105 Å². The number of hydrogen-bond donors (Lipinski definition) is 3. The molecule has 0 aliphatic heterocycles. The zero-order valence-electron chi connectivity index (χ0n) is 10.7. The molecule has 1 rings (SSSR count). The first-order valence-electron chi connectivity index (χ1n) is 5.60. The van der Waals surface area contributed by atoms with Gasteiger partial charge in [-0.1, -0.05) is 6.07 Å². The van der Waals surface area contributed by atoms with Gasteiger partial charge in [-0.15, -0.1) is 0 Å². The van der Waals surface area contributed by atoms with Gasteiger partial charge in [-0.2, -0.15) is 0 Å². The average molecular weight is 251 g/mol. The summed E-state index contributed by atoms with van der Waals surface area (Å²) in [5.41, 5.74) is 3.70. The van der Waals surface area contributed by atoms with Gasteiger partial charge >= 0.3 is 11.9 Å². The molecule has 3 N–H and O–H groups in total. The molecule has 0 amide bonds. The summed E-state index contributed by atoms with van der Waals surface area (Å²) in [5.74, 6) is -2.31. The first kappa shape index (κ1) is 14.0. The minimum Gasteiger partial charge on any atom is -0.481 e. The van der Waals surface area contributed by atoms with Crippen LogP contribution in [0.15, 0.2) is 12.1 Å². The molecule has 5 nitrogen and oxygen atoms in total. The third-order valence-corrected chi connectivity index (χ3v) is 2.85. The molecule has 0 fully saturated rings. The fourth-order valence-corrected chi connectivity index (χ4v) is 1.68. The van der Waals surface area contributed by atoms with E-state index in [1.165, 1.54) is 0 Å². The second-order valence-electron chi connectivity index (χ2n) is 4.38. The Morgan fingerprint density at radius 2 is 1.67 bits per heavy atom. The zero-order valence-corrected chi connectivity index (χ0v) is 10.7. The lowest BCUT2D eigenvalue weighted by Crippen LogP contribution is -2.32. The molecule has 0 radical (unpaired) electrons. The molecule has 1 aromatic rings. The lowest BCUT2D eigenvalue weighted by molar-refractivity contribution is -0.144. The number of aryl methyl sites for hydroxylation is 3. The largest absolute Gasteiger partial charge is 0.481 e. The second kappa shape index (κ2) is 5.53. The van der Waals surface area contributed by atoms with Crippen molar-refractivity contribution in [2.75, 3.05) is 5.32 Å². The maximum Gasteiger partial charge on any atom is 0.326 e. The van der Waals surface area contributed by atoms with Crippen LogP contribution < -0.4 is 5.32 Å². The Hall–Kier alpha value is -2.04. The summed E-state index contributed by atoms with van der Waals surface area (Å²) in [6, 6.07) is 2.66. The molecule has 0 saturated carbocycles. The number of rotatable bonds is 5. The van der Waals surface area contributed by atoms with Crippen LogP contribution in [0.25, 0.3) is 0 Å². The van der Waals surface area contributed by atoms with Crippen molar-refractivity contribution in [3.63, 3.8) is 0 Å². The SMILES string of the molecule is Cc1cc(C)c(NC(CC(=O)O)C(=O)O)cc1C. The molecule has 0 saturated heterocycles. The van der Waals surface area contributed by atoms with Crippen molar-refractivity contribution >= 4 is 17.6 Å². The van der Waals surface area contributed by atoms with Gasteiger partial charge in [0.15, 0.2) is 0 Å². The standard InChI is InChI=1S/C13H17NO4/c1-7-4-9(3)10(5-8(7)2)14-11(13(17)18)6-12(15)16/h4-5,11,14H,6H2,1-3H3,(H,15,16)(H,17,18). The maximum atomic E-state index is 11.0. The van der Waals surface area contributed by atoms with Crippen LogP contribution in [-0.2, 0) is 9.59 Å². The molecule has 98 valence electrons. The van der Waals surface area contributed by atoms with E-state index in [-0.39, 0.29) is 0 Å². The minimum absolute atomic E-state index is 0.457. The van der Waals surface area contributed by atoms with Crippen LogP contribution in [0, 0.1) is 20.8 Å². The van der Waals surface area contributed by atoms with Gasteiger partial charge in [0.2, 0.25) is 0 Å². The number of benzene rings is 1. The molecule has 5 heteroatoms. The van der Waals surface area contributed by atoms with Crippen molar-refractivity contribution in [3.05, 3.63) is 28.8 Å². The number of carboxylic acid groups (broad SMARTS) is 2. The van der Waals surface area contributed by atoms with Gasteiger partial charge in [0.05, 0.1) is 6.42 Å². The van der Waals surface area contributed by atoms with Crippen molar-refractivity contribution in [1.29, 1.82) is 0 Å². The van der Waals surface area contributed by atoms with Crippen molar-refractivity contribution in [2.24, 2.45) is 0 Å². The molecular weight excluding hydrogens is 234 g/mol. The van der Waals surface area contributed by atoms with E-state index in [0.29, 0.717) is 5.69 Å². The summed E-state index contributed by atoms with van der Waals surface area (Å²) in [6.07, 6.45) is -0.457. The van der Waals surface area contributed by atoms with Crippen molar-refractivity contribution in [1.82, 2.24) is 0 Å². The van der Waals surface area contributed by atoms with Crippen LogP contribution >= 0.6 is 0 Å². The third-order valence-electron chi connectivity index (χ3n) is 2.85. The van der Waals surface area contributed by atoms with Crippen molar-refractivity contribution in [2.45, 2.75) is 33.2 Å². The number of hydrogen-bond acceptors (Lipinski definition) is 3. The van der Waals surface area contributed by atoms with Gasteiger partial charge in [0.1, 0.15) is 6.04 Å². The fourth-order valence-electron chi connectivity index (χ4n) is 1.68. The molecule has 0 aliphatic carbocycles. The fraction of sp³-hybridized carbons (Fsp3) is 0.385. The van der Waals surface area contributed by atoms with Crippen LogP contribution in [0.4, 0.5) is 5.69 Å². The lowest BCUT2D eigenvalue weighted by Gasteiger charge is -2.17. The second-order valence-corrected chi connectivity index (χ2v) is 4.38. The van der Waals surface area contributed by atoms with E-state index in [2.05, 4.69) is 5.32 Å². The first-order valence-corrected chi connectivity index (χ1v) is 5.60. The van der Waals surface area contributed by atoms with Gasteiger partial charge in [0.25, 0.3) is 0 Å². The summed E-state index contributed by atoms with van der Waals surface area (Å²) in [4.78, 5) is 21.6. The van der Waals surface area contributed by atoms with E-state index in [9.17, 15) is 9.59 Å². The number of aliphatic carboxylic acids is 2. The number of carboxylic acids is 2. The Morgan fingerprint density at radius 1 is 1.11 bits per heavy atom. The van der Waals surface area contributed by atoms with E-state index in [1.54, 1.807) is 0 Å². The molecule has 1 unspecified atom stereocenters. The number of anilines is 1. The summed E-state index contributed by atoms with van der Waals surface area (Å²) >= 11 is 0. The van der Waals surface area contributed by atoms with E-state index in [0.717, 1.165) is 16.7 Å². The van der Waals surface area contributed by atoms with Crippen LogP contribution in [0.2, 0.25) is 0 Å². The predicted octanol–water partition coefficient (Wildman–Crippen LogP) is 1.95. The van der Waals surface area contributed by atoms with E-state index in [4.69, 9.17) is 10.2 Å². The average Bonchev–Trinajstić information content (AvgIpc) is 2.23. The lowest BCUT2D eigenvalue weighted by atomic mass is 10.0. The van der Waals surface area contributed by atoms with Crippen molar-refractivity contribution < 1.29 is 19.8 Å². The highest BCUT2D eigenvalue weighted by molar-refractivity contribution is 5.83. The van der Waals surface area contributed by atoms with Gasteiger partial charge in [-0.05, 0) is 43.5 Å². The molecule has 18 heavy (non-hydrogen) atoms. The maximum absolute atomic E-state index is 11.0. The highest BCUT2D eigenvalue weighted by Gasteiger charge is 2.21. The Kier molecular flexibility index (Phi) is 4.31. The highest BCUT2D eigenvalue weighted by atomic mass is 16.4. The van der Waals surface area contributed by atoms with Gasteiger partial charge in [-0.3, -0.25) is 4.79 Å². The Balaban J connectivity index is 2.97. The van der Waals surface area contributed by atoms with Crippen LogP contribution in [0.3, 0.4) is 0 Å². The third kappa shape index (κ3) is 3.48. The van der Waals surface area contributed by atoms with Crippen LogP contribution in [-0.4, -0.2) is 28.2 Å². The van der Waals surface area contributed by atoms with E-state index >= 15 is 0 Å². The molecule has 1 aromatic carbocycles. The van der Waals surface area contributed by atoms with Gasteiger partial charge < -0.3 is 15.5 Å². The van der Waals surface area contributed by atoms with E-state index < -0.39 is 24.4 Å². The molecule has 0 spiro atoms. The monoisotopic (exact) mass is 251 g/mol. The smallest absolute Gasteiger partial charge is 0.326 e. The molecule has 0 aliphatic rings. The summed E-state index contributed by atoms with van der Waals surface area (Å²) in [7, 11) is 0. The highest BCUT2D eigenvalue weighted by Crippen LogP contribution is 2.21. The minimum atomic E-state index is -1.17. The summed E-state index contributed by atoms with van der Waals surface area (Å²) in [5, 5.41) is 20.4. The quantitative estimate of drug-likeness (QED) is 0.744. The molecule has 0 aromatic heterocycles. The zero-order chi connectivity index (χ0) is 13.9. The molecule has 0 heterocycles. The normalized spacial score (nSPS) is 11.9. The van der Waals surface area contributed by atoms with E-state index in [1.807, 2.05) is 32.9 Å². The molecule has 1 atom stereocenters. The van der Waals surface area contributed by atoms with Crippen LogP contribution in [0.1, 0.15) is 23.1 Å². The van der Waals surface area contributed by atoms with Crippen molar-refractivity contribution in [3.8, 4) is 0 Å². The van der Waals surface area contributed by atoms with Gasteiger partial charge in [-0.25, -0.2) is 4.79 Å². The Morgan fingerprint density at radius 3 is 2.17 bits per heavy atom. The first-order chi connectivity index (χ1) is 8.31. The molecular formula is C13H17NO4. The summed E-state index contributed by atoms with van der Waals surface area (Å²) < 4.78 is 0. The topological polar surface area (TPSA) is 86.6 Å².